The maximum absolute atomic E-state index is 13.5. The summed E-state index contributed by atoms with van der Waals surface area (Å²) < 4.78 is 5.30. The Morgan fingerprint density at radius 3 is 2.24 bits per heavy atom. The molecule has 0 aliphatic carbocycles. The molecule has 0 atom stereocenters. The first-order valence-electron chi connectivity index (χ1n) is 13.3. The van der Waals surface area contributed by atoms with Gasteiger partial charge in [-0.3, -0.25) is 4.90 Å². The topological polar surface area (TPSA) is 61.9 Å². The Kier molecular flexibility index (Phi) is 8.01. The van der Waals surface area contributed by atoms with Gasteiger partial charge in [0.25, 0.3) is 0 Å². The Morgan fingerprint density at radius 2 is 1.55 bits per heavy atom. The Morgan fingerprint density at radius 1 is 0.895 bits per heavy atom. The smallest absolute Gasteiger partial charge is 0.318 e. The van der Waals surface area contributed by atoms with Crippen molar-refractivity contribution >= 4 is 33.9 Å². The van der Waals surface area contributed by atoms with E-state index in [1.54, 1.807) is 12.0 Å². The van der Waals surface area contributed by atoms with E-state index in [0.717, 1.165) is 36.9 Å². The molecule has 6 nitrogen and oxygen atoms in total. The number of aldehydes is 1. The standard InChI is InChI=1S/C32H35N3O3/c1-38-18-17-35(32(24-36)13-15-34(16-14-32)23-25-7-3-2-4-8-25)31(37)33-22-26-11-12-29-20-27-9-5-6-10-28(27)21-30(29)19-26/h2-12,19-21,24H,13-18,22-23H2,1H3,(H,33,37). The molecule has 4 aromatic rings. The van der Waals surface area contributed by atoms with Crippen LogP contribution in [0.3, 0.4) is 0 Å². The van der Waals surface area contributed by atoms with Gasteiger partial charge >= 0.3 is 6.03 Å². The lowest BCUT2D eigenvalue weighted by molar-refractivity contribution is -0.120. The third-order valence-electron chi connectivity index (χ3n) is 7.70. The van der Waals surface area contributed by atoms with Crippen molar-refractivity contribution in [1.82, 2.24) is 15.1 Å². The molecule has 0 spiro atoms. The molecule has 38 heavy (non-hydrogen) atoms. The molecule has 6 heteroatoms. The summed E-state index contributed by atoms with van der Waals surface area (Å²) >= 11 is 0. The van der Waals surface area contributed by atoms with Gasteiger partial charge in [-0.25, -0.2) is 4.79 Å². The van der Waals surface area contributed by atoms with Crippen LogP contribution in [0.15, 0.2) is 84.9 Å². The number of fused-ring (bicyclic) bond motifs is 2. The number of likely N-dealkylation sites (tertiary alicyclic amines) is 1. The number of hydrogen-bond donors (Lipinski definition) is 1. The molecule has 1 N–H and O–H groups in total. The fourth-order valence-corrected chi connectivity index (χ4v) is 5.47. The van der Waals surface area contributed by atoms with Gasteiger partial charge in [0.1, 0.15) is 11.8 Å². The van der Waals surface area contributed by atoms with Crippen LogP contribution in [-0.4, -0.2) is 61.0 Å². The summed E-state index contributed by atoms with van der Waals surface area (Å²) in [5.74, 6) is 0. The summed E-state index contributed by atoms with van der Waals surface area (Å²) in [5.41, 5.74) is 1.44. The number of amides is 2. The monoisotopic (exact) mass is 509 g/mol. The van der Waals surface area contributed by atoms with Crippen LogP contribution in [0.2, 0.25) is 0 Å². The minimum atomic E-state index is -0.835. The number of methoxy groups -OCH3 is 1. The van der Waals surface area contributed by atoms with Crippen LogP contribution in [-0.2, 0) is 22.6 Å². The first kappa shape index (κ1) is 25.9. The second-order valence-electron chi connectivity index (χ2n) is 10.2. The van der Waals surface area contributed by atoms with Gasteiger partial charge in [0.05, 0.1) is 6.61 Å². The predicted molar refractivity (Wildman–Crippen MR) is 152 cm³/mol. The normalized spacial score (nSPS) is 15.4. The Hall–Kier alpha value is -3.74. The molecular weight excluding hydrogens is 474 g/mol. The van der Waals surface area contributed by atoms with E-state index < -0.39 is 5.54 Å². The molecule has 196 valence electrons. The highest BCUT2D eigenvalue weighted by Crippen LogP contribution is 2.29. The lowest BCUT2D eigenvalue weighted by atomic mass is 9.87. The Labute approximate surface area is 224 Å². The van der Waals surface area contributed by atoms with Gasteiger partial charge in [-0.1, -0.05) is 66.7 Å². The largest absolute Gasteiger partial charge is 0.383 e. The van der Waals surface area contributed by atoms with E-state index >= 15 is 0 Å². The SMILES string of the molecule is COCCN(C(=O)NCc1ccc2cc3ccccc3cc2c1)C1(C=O)CCN(Cc2ccccc2)CC1. The summed E-state index contributed by atoms with van der Waals surface area (Å²) in [4.78, 5) is 30.0. The molecule has 2 amide bonds. The second-order valence-corrected chi connectivity index (χ2v) is 10.2. The second kappa shape index (κ2) is 11.8. The van der Waals surface area contributed by atoms with Crippen LogP contribution in [0.1, 0.15) is 24.0 Å². The number of carbonyl (C=O) groups excluding carboxylic acids is 2. The van der Waals surface area contributed by atoms with Crippen LogP contribution >= 0.6 is 0 Å². The number of hydrogen-bond acceptors (Lipinski definition) is 4. The van der Waals surface area contributed by atoms with Crippen molar-refractivity contribution in [2.75, 3.05) is 33.4 Å². The summed E-state index contributed by atoms with van der Waals surface area (Å²) in [6, 6.07) is 29.1. The third-order valence-corrected chi connectivity index (χ3v) is 7.70. The van der Waals surface area contributed by atoms with E-state index in [4.69, 9.17) is 4.74 Å². The van der Waals surface area contributed by atoms with Crippen molar-refractivity contribution in [3.8, 4) is 0 Å². The van der Waals surface area contributed by atoms with Crippen molar-refractivity contribution in [1.29, 1.82) is 0 Å². The highest BCUT2D eigenvalue weighted by atomic mass is 16.5. The predicted octanol–water partition coefficient (Wildman–Crippen LogP) is 5.38. The maximum Gasteiger partial charge on any atom is 0.318 e. The highest BCUT2D eigenvalue weighted by Gasteiger charge is 2.42. The number of nitrogens with one attached hydrogen (secondary N) is 1. The summed E-state index contributed by atoms with van der Waals surface area (Å²) in [7, 11) is 1.62. The lowest BCUT2D eigenvalue weighted by Crippen LogP contribution is -2.61. The molecule has 5 rings (SSSR count). The molecule has 1 aliphatic heterocycles. The van der Waals surface area contributed by atoms with Gasteiger partial charge in [-0.2, -0.15) is 0 Å². The fraction of sp³-hybridized carbons (Fsp3) is 0.312. The summed E-state index contributed by atoms with van der Waals surface area (Å²) in [6.45, 7) is 3.48. The fourth-order valence-electron chi connectivity index (χ4n) is 5.47. The number of benzene rings is 4. The number of ether oxygens (including phenoxy) is 1. The van der Waals surface area contributed by atoms with Crippen LogP contribution in [0.25, 0.3) is 21.5 Å². The van der Waals surface area contributed by atoms with Crippen LogP contribution in [0.4, 0.5) is 4.79 Å². The molecule has 1 aliphatic rings. The van der Waals surface area contributed by atoms with Crippen molar-refractivity contribution in [3.05, 3.63) is 96.1 Å². The van der Waals surface area contributed by atoms with Crippen LogP contribution in [0.5, 0.6) is 0 Å². The van der Waals surface area contributed by atoms with Gasteiger partial charge in [-0.05, 0) is 63.7 Å². The van der Waals surface area contributed by atoms with Crippen molar-refractivity contribution < 1.29 is 14.3 Å². The van der Waals surface area contributed by atoms with Gasteiger partial charge in [0.15, 0.2) is 0 Å². The average molecular weight is 510 g/mol. The zero-order valence-electron chi connectivity index (χ0n) is 21.9. The molecule has 0 radical (unpaired) electrons. The lowest BCUT2D eigenvalue weighted by Gasteiger charge is -2.45. The number of urea groups is 1. The van der Waals surface area contributed by atoms with E-state index in [1.807, 2.05) is 30.3 Å². The summed E-state index contributed by atoms with van der Waals surface area (Å²) in [5, 5.41) is 7.79. The molecule has 0 aromatic heterocycles. The van der Waals surface area contributed by atoms with E-state index in [0.29, 0.717) is 32.5 Å². The van der Waals surface area contributed by atoms with Crippen LogP contribution in [0, 0.1) is 0 Å². The number of rotatable bonds is 9. The molecule has 1 saturated heterocycles. The van der Waals surface area contributed by atoms with E-state index in [1.165, 1.54) is 21.7 Å². The molecule has 4 aromatic carbocycles. The maximum atomic E-state index is 13.5. The molecule has 0 saturated carbocycles. The first-order chi connectivity index (χ1) is 18.6. The Balaban J connectivity index is 1.27. The van der Waals surface area contributed by atoms with Gasteiger partial charge in [-0.15, -0.1) is 0 Å². The molecular formula is C32H35N3O3. The highest BCUT2D eigenvalue weighted by molar-refractivity contribution is 5.98. The average Bonchev–Trinajstić information content (AvgIpc) is 2.96. The zero-order chi connectivity index (χ0) is 26.4. The summed E-state index contributed by atoms with van der Waals surface area (Å²) in [6.07, 6.45) is 2.18. The zero-order valence-corrected chi connectivity index (χ0v) is 21.9. The van der Waals surface area contributed by atoms with Crippen molar-refractivity contribution in [3.63, 3.8) is 0 Å². The van der Waals surface area contributed by atoms with E-state index in [9.17, 15) is 9.59 Å². The Bertz CT molecular complexity index is 1400. The number of carbonyl (C=O) groups is 2. The molecule has 0 unspecified atom stereocenters. The number of nitrogens with zero attached hydrogens (tertiary/aromatic N) is 2. The minimum absolute atomic E-state index is 0.232. The first-order valence-corrected chi connectivity index (χ1v) is 13.3. The number of piperidine rings is 1. The molecule has 0 bridgehead atoms. The van der Waals surface area contributed by atoms with Gasteiger partial charge in [0.2, 0.25) is 0 Å². The van der Waals surface area contributed by atoms with Crippen LogP contribution < -0.4 is 5.32 Å². The van der Waals surface area contributed by atoms with Crippen molar-refractivity contribution in [2.24, 2.45) is 0 Å². The molecule has 1 fully saturated rings. The van der Waals surface area contributed by atoms with Gasteiger partial charge < -0.3 is 19.7 Å². The minimum Gasteiger partial charge on any atom is -0.383 e. The van der Waals surface area contributed by atoms with Gasteiger partial charge in [0, 0.05) is 39.8 Å². The molecule has 1 heterocycles. The van der Waals surface area contributed by atoms with Crippen molar-refractivity contribution in [2.45, 2.75) is 31.5 Å². The quantitative estimate of drug-likeness (QED) is 0.243. The van der Waals surface area contributed by atoms with E-state index in [2.05, 4.69) is 64.8 Å². The van der Waals surface area contributed by atoms with E-state index in [-0.39, 0.29) is 6.03 Å². The third kappa shape index (κ3) is 5.72.